The van der Waals surface area contributed by atoms with E-state index in [1.165, 1.54) is 34.8 Å². The van der Waals surface area contributed by atoms with Gasteiger partial charge in [-0.2, -0.15) is 9.41 Å². The van der Waals surface area contributed by atoms with Crippen molar-refractivity contribution in [3.63, 3.8) is 0 Å². The van der Waals surface area contributed by atoms with Gasteiger partial charge < -0.3 is 0 Å². The Labute approximate surface area is 157 Å². The van der Waals surface area contributed by atoms with Crippen molar-refractivity contribution in [1.29, 1.82) is 0 Å². The number of hydrogen-bond donors (Lipinski definition) is 1. The molecule has 0 aliphatic heterocycles. The monoisotopic (exact) mass is 391 g/mol. The van der Waals surface area contributed by atoms with Crippen LogP contribution in [0.2, 0.25) is 0 Å². The summed E-state index contributed by atoms with van der Waals surface area (Å²) in [5.74, 6) is 0.384. The van der Waals surface area contributed by atoms with Gasteiger partial charge in [0.25, 0.3) is 5.69 Å². The molecule has 0 radical (unpaired) electrons. The van der Waals surface area contributed by atoms with Crippen molar-refractivity contribution in [1.82, 2.24) is 9.29 Å². The van der Waals surface area contributed by atoms with Crippen molar-refractivity contribution < 1.29 is 13.3 Å². The minimum Gasteiger partial charge on any atom is -0.261 e. The summed E-state index contributed by atoms with van der Waals surface area (Å²) < 4.78 is 26.2. The number of anilines is 1. The van der Waals surface area contributed by atoms with Gasteiger partial charge in [-0.3, -0.25) is 15.5 Å². The number of rotatable bonds is 8. The molecule has 1 heterocycles. The lowest BCUT2D eigenvalue weighted by Crippen LogP contribution is -2.30. The molecule has 0 aliphatic carbocycles. The van der Waals surface area contributed by atoms with E-state index in [-0.39, 0.29) is 10.6 Å². The molecule has 0 fully saturated rings. The number of nitrogens with one attached hydrogen (secondary N) is 1. The molecule has 0 unspecified atom stereocenters. The summed E-state index contributed by atoms with van der Waals surface area (Å²) in [7, 11) is -3.55. The predicted molar refractivity (Wildman–Crippen MR) is 103 cm³/mol. The van der Waals surface area contributed by atoms with E-state index in [1.54, 1.807) is 32.9 Å². The molecule has 1 N–H and O–H groups in total. The maximum absolute atomic E-state index is 12.4. The highest BCUT2D eigenvalue weighted by Gasteiger charge is 2.21. The second-order valence-electron chi connectivity index (χ2n) is 5.58. The van der Waals surface area contributed by atoms with Gasteiger partial charge in [0.05, 0.1) is 10.6 Å². The van der Waals surface area contributed by atoms with E-state index in [1.807, 2.05) is 0 Å². The maximum Gasteiger partial charge on any atom is 0.269 e. The topological polar surface area (TPSA) is 118 Å². The van der Waals surface area contributed by atoms with Crippen molar-refractivity contribution in [2.45, 2.75) is 25.7 Å². The van der Waals surface area contributed by atoms with Crippen LogP contribution in [0, 0.1) is 10.1 Å². The largest absolute Gasteiger partial charge is 0.269 e. The van der Waals surface area contributed by atoms with Gasteiger partial charge in [-0.25, -0.2) is 13.4 Å². The van der Waals surface area contributed by atoms with Crippen LogP contribution in [0.1, 0.15) is 26.3 Å². The summed E-state index contributed by atoms with van der Waals surface area (Å²) in [4.78, 5) is 14.4. The number of aromatic nitrogens is 1. The van der Waals surface area contributed by atoms with E-state index in [0.717, 1.165) is 0 Å². The zero-order valence-electron chi connectivity index (χ0n) is 15.3. The van der Waals surface area contributed by atoms with Gasteiger partial charge in [0, 0.05) is 31.4 Å². The molecule has 0 bridgehead atoms. The summed E-state index contributed by atoms with van der Waals surface area (Å²) in [6.45, 7) is 6.07. The minimum absolute atomic E-state index is 0.00572. The highest BCUT2D eigenvalue weighted by atomic mass is 32.2. The number of nitro benzene ring substituents is 1. The van der Waals surface area contributed by atoms with Crippen LogP contribution < -0.4 is 5.43 Å². The maximum atomic E-state index is 12.4. The Morgan fingerprint density at radius 3 is 2.30 bits per heavy atom. The Balaban J connectivity index is 2.12. The van der Waals surface area contributed by atoms with Crippen molar-refractivity contribution in [2.75, 3.05) is 18.5 Å². The Morgan fingerprint density at radius 1 is 1.19 bits per heavy atom. The van der Waals surface area contributed by atoms with Crippen LogP contribution >= 0.6 is 0 Å². The third-order valence-electron chi connectivity index (χ3n) is 3.91. The van der Waals surface area contributed by atoms with E-state index in [4.69, 9.17) is 0 Å². The molecule has 1 aromatic heterocycles. The van der Waals surface area contributed by atoms with Crippen LogP contribution in [0.5, 0.6) is 0 Å². The lowest BCUT2D eigenvalue weighted by Gasteiger charge is -2.18. The van der Waals surface area contributed by atoms with Crippen molar-refractivity contribution in [3.8, 4) is 0 Å². The molecular formula is C17H21N5O4S. The van der Waals surface area contributed by atoms with Crippen molar-refractivity contribution in [2.24, 2.45) is 5.10 Å². The zero-order valence-corrected chi connectivity index (χ0v) is 16.1. The number of pyridine rings is 1. The first-order chi connectivity index (χ1) is 12.8. The number of hydrogen-bond acceptors (Lipinski definition) is 7. The average molecular weight is 391 g/mol. The number of sulfonamides is 1. The predicted octanol–water partition coefficient (Wildman–Crippen LogP) is 2.86. The highest BCUT2D eigenvalue weighted by Crippen LogP contribution is 2.16. The first-order valence-electron chi connectivity index (χ1n) is 8.31. The average Bonchev–Trinajstić information content (AvgIpc) is 2.67. The zero-order chi connectivity index (χ0) is 20.0. The van der Waals surface area contributed by atoms with Crippen LogP contribution in [-0.4, -0.2) is 41.4 Å². The van der Waals surface area contributed by atoms with Gasteiger partial charge in [-0.1, -0.05) is 13.8 Å². The normalized spacial score (nSPS) is 12.2. The van der Waals surface area contributed by atoms with E-state index < -0.39 is 14.9 Å². The van der Waals surface area contributed by atoms with E-state index >= 15 is 0 Å². The summed E-state index contributed by atoms with van der Waals surface area (Å²) >= 11 is 0. The third-order valence-corrected chi connectivity index (χ3v) is 5.95. The van der Waals surface area contributed by atoms with Crippen LogP contribution in [0.3, 0.4) is 0 Å². The van der Waals surface area contributed by atoms with Gasteiger partial charge in [-0.15, -0.1) is 0 Å². The minimum atomic E-state index is -3.55. The Bertz CT molecular complexity index is 921. The first kappa shape index (κ1) is 20.5. The van der Waals surface area contributed by atoms with Crippen molar-refractivity contribution in [3.05, 3.63) is 58.3 Å². The number of hydrazone groups is 1. The molecule has 2 rings (SSSR count). The van der Waals surface area contributed by atoms with Crippen LogP contribution in [0.25, 0.3) is 0 Å². The molecule has 9 nitrogen and oxygen atoms in total. The molecule has 0 saturated carbocycles. The van der Waals surface area contributed by atoms with Crippen molar-refractivity contribution >= 4 is 27.2 Å². The Kier molecular flexibility index (Phi) is 6.59. The first-order valence-corrected chi connectivity index (χ1v) is 9.75. The van der Waals surface area contributed by atoms with E-state index in [2.05, 4.69) is 15.5 Å². The fourth-order valence-electron chi connectivity index (χ4n) is 2.34. The smallest absolute Gasteiger partial charge is 0.261 e. The summed E-state index contributed by atoms with van der Waals surface area (Å²) in [6.07, 6.45) is 1.28. The molecule has 0 amide bonds. The Hall–Kier alpha value is -2.85. The SMILES string of the molecule is CCN(CC)S(=O)(=O)c1ccc(N/N=C(\C)c2ccc([N+](=O)[O-])cc2)nc1. The number of nitro groups is 1. The van der Waals surface area contributed by atoms with E-state index in [0.29, 0.717) is 30.2 Å². The molecule has 1 aromatic carbocycles. The number of non-ortho nitro benzene ring substituents is 1. The van der Waals surface area contributed by atoms with Gasteiger partial charge in [0.15, 0.2) is 0 Å². The lowest BCUT2D eigenvalue weighted by atomic mass is 10.1. The molecule has 27 heavy (non-hydrogen) atoms. The standard InChI is InChI=1S/C17H21N5O4S/c1-4-21(5-2)27(25,26)16-10-11-17(18-12-16)20-19-13(3)14-6-8-15(9-7-14)22(23)24/h6-12H,4-5H2,1-3H3,(H,18,20)/b19-13+. The molecule has 10 heteroatoms. The molecule has 2 aromatic rings. The fraction of sp³-hybridized carbons (Fsp3) is 0.294. The third kappa shape index (κ3) is 4.86. The van der Waals surface area contributed by atoms with Gasteiger partial charge >= 0.3 is 0 Å². The molecular weight excluding hydrogens is 370 g/mol. The highest BCUT2D eigenvalue weighted by molar-refractivity contribution is 7.89. The molecule has 0 saturated heterocycles. The molecule has 0 spiro atoms. The Morgan fingerprint density at radius 2 is 1.81 bits per heavy atom. The summed E-state index contributed by atoms with van der Waals surface area (Å²) in [6, 6.07) is 9.01. The van der Waals surface area contributed by atoms with Gasteiger partial charge in [0.1, 0.15) is 10.7 Å². The fourth-order valence-corrected chi connectivity index (χ4v) is 3.75. The second kappa shape index (κ2) is 8.69. The summed E-state index contributed by atoms with van der Waals surface area (Å²) in [5.41, 5.74) is 4.08. The summed E-state index contributed by atoms with van der Waals surface area (Å²) in [5, 5.41) is 14.9. The van der Waals surface area contributed by atoms with E-state index in [9.17, 15) is 18.5 Å². The van der Waals surface area contributed by atoms with Gasteiger partial charge in [0.2, 0.25) is 10.0 Å². The lowest BCUT2D eigenvalue weighted by molar-refractivity contribution is -0.384. The quantitative estimate of drug-likeness (QED) is 0.420. The number of nitrogens with zero attached hydrogens (tertiary/aromatic N) is 4. The molecule has 0 aliphatic rings. The van der Waals surface area contributed by atoms with Crippen LogP contribution in [-0.2, 0) is 10.0 Å². The molecule has 144 valence electrons. The van der Waals surface area contributed by atoms with Crippen LogP contribution in [0.4, 0.5) is 11.5 Å². The van der Waals surface area contributed by atoms with Crippen LogP contribution in [0.15, 0.2) is 52.6 Å². The number of benzene rings is 1. The van der Waals surface area contributed by atoms with Gasteiger partial charge in [-0.05, 0) is 36.8 Å². The second-order valence-corrected chi connectivity index (χ2v) is 7.52. The molecule has 0 atom stereocenters.